The van der Waals surface area contributed by atoms with Gasteiger partial charge >= 0.3 is 0 Å². The van der Waals surface area contributed by atoms with Gasteiger partial charge in [-0.25, -0.2) is 0 Å². The molecule has 0 unspecified atom stereocenters. The van der Waals surface area contributed by atoms with Gasteiger partial charge in [-0.3, -0.25) is 4.79 Å². The van der Waals surface area contributed by atoms with Gasteiger partial charge in [0, 0.05) is 16.7 Å². The molecule has 0 atom stereocenters. The van der Waals surface area contributed by atoms with Gasteiger partial charge in [-0.1, -0.05) is 91.0 Å². The minimum absolute atomic E-state index is 0.110. The van der Waals surface area contributed by atoms with Crippen molar-refractivity contribution < 1.29 is 9.21 Å². The third-order valence-electron chi connectivity index (χ3n) is 4.18. The Labute approximate surface area is 146 Å². The van der Waals surface area contributed by atoms with Crippen molar-refractivity contribution in [1.29, 1.82) is 0 Å². The molecule has 0 aliphatic carbocycles. The van der Waals surface area contributed by atoms with Gasteiger partial charge < -0.3 is 4.42 Å². The Morgan fingerprint density at radius 1 is 0.640 bits per heavy atom. The lowest BCUT2D eigenvalue weighted by atomic mass is 9.94. The average molecular weight is 324 g/mol. The Hall–Kier alpha value is -3.39. The fraction of sp³-hybridized carbons (Fsp3) is 0. The number of ketones is 1. The van der Waals surface area contributed by atoms with Crippen LogP contribution in [0.5, 0.6) is 0 Å². The minimum atomic E-state index is -0.110. The molecule has 0 bridgehead atoms. The van der Waals surface area contributed by atoms with Crippen molar-refractivity contribution in [2.24, 2.45) is 0 Å². The molecule has 0 N–H and O–H groups in total. The monoisotopic (exact) mass is 324 g/mol. The molecule has 0 fully saturated rings. The van der Waals surface area contributed by atoms with Crippen molar-refractivity contribution in [3.63, 3.8) is 0 Å². The van der Waals surface area contributed by atoms with E-state index in [0.29, 0.717) is 11.3 Å². The second-order valence-electron chi connectivity index (χ2n) is 5.78. The highest BCUT2D eigenvalue weighted by Gasteiger charge is 2.23. The molecule has 3 aromatic carbocycles. The van der Waals surface area contributed by atoms with E-state index >= 15 is 0 Å². The molecule has 2 nitrogen and oxygen atoms in total. The lowest BCUT2D eigenvalue weighted by Gasteiger charge is -2.06. The standard InChI is InChI=1S/C23H16O2/c24-22(19-14-8-3-9-15-19)23-21(18-12-6-2-7-13-18)20(16-25-23)17-10-4-1-5-11-17/h1-16H. The smallest absolute Gasteiger partial charge is 0.228 e. The van der Waals surface area contributed by atoms with E-state index in [1.807, 2.05) is 91.0 Å². The molecule has 0 spiro atoms. The third kappa shape index (κ3) is 2.90. The number of rotatable bonds is 4. The number of hydrogen-bond donors (Lipinski definition) is 0. The van der Waals surface area contributed by atoms with E-state index in [0.717, 1.165) is 22.3 Å². The van der Waals surface area contributed by atoms with Gasteiger partial charge in [0.05, 0.1) is 6.26 Å². The predicted molar refractivity (Wildman–Crippen MR) is 99.5 cm³/mol. The van der Waals surface area contributed by atoms with Gasteiger partial charge in [-0.15, -0.1) is 0 Å². The Balaban J connectivity index is 1.91. The predicted octanol–water partition coefficient (Wildman–Crippen LogP) is 5.84. The maximum Gasteiger partial charge on any atom is 0.228 e. The van der Waals surface area contributed by atoms with Gasteiger partial charge in [0.1, 0.15) is 0 Å². The molecule has 25 heavy (non-hydrogen) atoms. The van der Waals surface area contributed by atoms with Crippen LogP contribution in [0.3, 0.4) is 0 Å². The van der Waals surface area contributed by atoms with Gasteiger partial charge in [0.2, 0.25) is 5.78 Å². The quantitative estimate of drug-likeness (QED) is 0.441. The molecule has 4 aromatic rings. The summed E-state index contributed by atoms with van der Waals surface area (Å²) in [6.45, 7) is 0. The lowest BCUT2D eigenvalue weighted by Crippen LogP contribution is -2.01. The van der Waals surface area contributed by atoms with E-state index in [9.17, 15) is 4.79 Å². The second-order valence-corrected chi connectivity index (χ2v) is 5.78. The van der Waals surface area contributed by atoms with Gasteiger partial charge in [0.15, 0.2) is 5.76 Å². The molecule has 120 valence electrons. The first kappa shape index (κ1) is 15.2. The van der Waals surface area contributed by atoms with Crippen LogP contribution in [-0.4, -0.2) is 5.78 Å². The highest BCUT2D eigenvalue weighted by atomic mass is 16.3. The highest BCUT2D eigenvalue weighted by molar-refractivity contribution is 6.12. The Bertz CT molecular complexity index is 984. The zero-order valence-electron chi connectivity index (χ0n) is 13.6. The number of carbonyl (C=O) groups excluding carboxylic acids is 1. The van der Waals surface area contributed by atoms with Gasteiger partial charge in [0.25, 0.3) is 0 Å². The maximum atomic E-state index is 13.0. The van der Waals surface area contributed by atoms with Crippen molar-refractivity contribution in [1.82, 2.24) is 0 Å². The maximum absolute atomic E-state index is 13.0. The van der Waals surface area contributed by atoms with E-state index < -0.39 is 0 Å². The van der Waals surface area contributed by atoms with Crippen LogP contribution in [0.15, 0.2) is 102 Å². The molecule has 0 saturated carbocycles. The second kappa shape index (κ2) is 6.62. The number of benzene rings is 3. The van der Waals surface area contributed by atoms with Crippen LogP contribution < -0.4 is 0 Å². The summed E-state index contributed by atoms with van der Waals surface area (Å²) in [4.78, 5) is 13.0. The highest BCUT2D eigenvalue weighted by Crippen LogP contribution is 2.37. The Kier molecular flexibility index (Phi) is 4.01. The summed E-state index contributed by atoms with van der Waals surface area (Å²) in [5, 5.41) is 0. The zero-order valence-corrected chi connectivity index (χ0v) is 13.6. The first-order chi connectivity index (χ1) is 12.3. The summed E-state index contributed by atoms with van der Waals surface area (Å²) in [7, 11) is 0. The van der Waals surface area contributed by atoms with Crippen LogP contribution in [0.25, 0.3) is 22.3 Å². The first-order valence-corrected chi connectivity index (χ1v) is 8.16. The van der Waals surface area contributed by atoms with Crippen molar-refractivity contribution >= 4 is 5.78 Å². The van der Waals surface area contributed by atoms with Crippen molar-refractivity contribution in [3.8, 4) is 22.3 Å². The Morgan fingerprint density at radius 3 is 1.76 bits per heavy atom. The minimum Gasteiger partial charge on any atom is -0.460 e. The molecule has 0 amide bonds. The van der Waals surface area contributed by atoms with E-state index in [1.54, 1.807) is 6.26 Å². The summed E-state index contributed by atoms with van der Waals surface area (Å²) < 4.78 is 5.77. The molecule has 0 radical (unpaired) electrons. The van der Waals surface area contributed by atoms with E-state index in [4.69, 9.17) is 4.42 Å². The number of carbonyl (C=O) groups is 1. The Morgan fingerprint density at radius 2 is 1.16 bits per heavy atom. The SMILES string of the molecule is O=C(c1ccccc1)c1occ(-c2ccccc2)c1-c1ccccc1. The molecule has 0 aliphatic heterocycles. The zero-order chi connectivity index (χ0) is 17.1. The van der Waals surface area contributed by atoms with Crippen molar-refractivity contribution in [2.75, 3.05) is 0 Å². The summed E-state index contributed by atoms with van der Waals surface area (Å²) in [5.74, 6) is 0.262. The molecule has 0 saturated heterocycles. The van der Waals surface area contributed by atoms with E-state index in [-0.39, 0.29) is 5.78 Å². The van der Waals surface area contributed by atoms with Crippen LogP contribution in [-0.2, 0) is 0 Å². The van der Waals surface area contributed by atoms with Crippen LogP contribution in [0.2, 0.25) is 0 Å². The summed E-state index contributed by atoms with van der Waals surface area (Å²) in [5.41, 5.74) is 4.37. The summed E-state index contributed by atoms with van der Waals surface area (Å²) in [6.07, 6.45) is 1.67. The van der Waals surface area contributed by atoms with Crippen LogP contribution in [0.4, 0.5) is 0 Å². The largest absolute Gasteiger partial charge is 0.460 e. The van der Waals surface area contributed by atoms with Crippen LogP contribution in [0.1, 0.15) is 16.1 Å². The fourth-order valence-corrected chi connectivity index (χ4v) is 2.97. The molecule has 4 rings (SSSR count). The van der Waals surface area contributed by atoms with Crippen LogP contribution >= 0.6 is 0 Å². The van der Waals surface area contributed by atoms with Gasteiger partial charge in [-0.05, 0) is 11.1 Å². The van der Waals surface area contributed by atoms with Crippen molar-refractivity contribution in [2.45, 2.75) is 0 Å². The summed E-state index contributed by atoms with van der Waals surface area (Å²) in [6, 6.07) is 29.1. The van der Waals surface area contributed by atoms with Crippen LogP contribution in [0, 0.1) is 0 Å². The average Bonchev–Trinajstić information content (AvgIpc) is 3.14. The van der Waals surface area contributed by atoms with E-state index in [2.05, 4.69) is 0 Å². The lowest BCUT2D eigenvalue weighted by molar-refractivity contribution is 0.101. The molecular weight excluding hydrogens is 308 g/mol. The first-order valence-electron chi connectivity index (χ1n) is 8.16. The third-order valence-corrected chi connectivity index (χ3v) is 4.18. The number of furan rings is 1. The molecule has 2 heteroatoms. The normalized spacial score (nSPS) is 10.6. The van der Waals surface area contributed by atoms with Gasteiger partial charge in [-0.2, -0.15) is 0 Å². The van der Waals surface area contributed by atoms with Crippen molar-refractivity contribution in [3.05, 3.63) is 109 Å². The topological polar surface area (TPSA) is 30.2 Å². The summed E-state index contributed by atoms with van der Waals surface area (Å²) >= 11 is 0. The van der Waals surface area contributed by atoms with E-state index in [1.165, 1.54) is 0 Å². The molecule has 0 aliphatic rings. The molecule has 1 aromatic heterocycles. The molecule has 1 heterocycles. The number of hydrogen-bond acceptors (Lipinski definition) is 2. The molecular formula is C23H16O2. The fourth-order valence-electron chi connectivity index (χ4n) is 2.97.